The Kier molecular flexibility index (Phi) is 3.55. The van der Waals surface area contributed by atoms with Crippen LogP contribution in [0.3, 0.4) is 0 Å². The van der Waals surface area contributed by atoms with Gasteiger partial charge in [-0.25, -0.2) is 0 Å². The molecule has 1 fully saturated rings. The molecule has 6 nitrogen and oxygen atoms in total. The Bertz CT molecular complexity index is 483. The number of carbonyl (C=O) groups is 2. The number of hydrogen-bond donors (Lipinski definition) is 2. The molecule has 0 bridgehead atoms. The van der Waals surface area contributed by atoms with Crippen LogP contribution in [-0.2, 0) is 4.79 Å². The number of carbonyl (C=O) groups excluding carboxylic acids is 2. The monoisotopic (exact) mass is 248 g/mol. The molecule has 0 saturated heterocycles. The van der Waals surface area contributed by atoms with Crippen molar-refractivity contribution in [3.05, 3.63) is 11.8 Å². The van der Waals surface area contributed by atoms with Crippen LogP contribution >= 0.6 is 0 Å². The van der Waals surface area contributed by atoms with Crippen LogP contribution in [-0.4, -0.2) is 28.9 Å². The lowest BCUT2D eigenvalue weighted by molar-refractivity contribution is -0.117. The van der Waals surface area contributed by atoms with Gasteiger partial charge in [0, 0.05) is 25.5 Å². The molecule has 0 radical (unpaired) electrons. The van der Waals surface area contributed by atoms with Gasteiger partial charge in [0.05, 0.1) is 5.69 Å². The predicted octanol–water partition coefficient (Wildman–Crippen LogP) is 1.46. The van der Waals surface area contributed by atoms with Crippen LogP contribution < -0.4 is 10.6 Å². The van der Waals surface area contributed by atoms with Gasteiger partial charge in [0.2, 0.25) is 5.91 Å². The normalized spacial score (nSPS) is 14.1. The Morgan fingerprint density at radius 3 is 2.67 bits per heavy atom. The van der Waals surface area contributed by atoms with Gasteiger partial charge in [-0.3, -0.25) is 9.59 Å². The molecule has 1 saturated carbocycles. The van der Waals surface area contributed by atoms with E-state index in [-0.39, 0.29) is 17.6 Å². The Morgan fingerprint density at radius 2 is 2.11 bits per heavy atom. The fourth-order valence-corrected chi connectivity index (χ4v) is 1.59. The fourth-order valence-electron chi connectivity index (χ4n) is 1.59. The summed E-state index contributed by atoms with van der Waals surface area (Å²) in [5, 5.41) is 13.3. The molecule has 1 amide bonds. The third kappa shape index (κ3) is 2.64. The van der Waals surface area contributed by atoms with Crippen LogP contribution in [0.1, 0.15) is 36.7 Å². The van der Waals surface area contributed by atoms with E-state index in [1.165, 1.54) is 0 Å². The fraction of sp³-hybridized carbons (Fsp3) is 0.500. The molecule has 6 heteroatoms. The Balaban J connectivity index is 2.18. The molecule has 1 aliphatic carbocycles. The molecule has 0 atom stereocenters. The summed E-state index contributed by atoms with van der Waals surface area (Å²) < 4.78 is 0. The zero-order valence-corrected chi connectivity index (χ0v) is 10.5. The second-order valence-electron chi connectivity index (χ2n) is 4.28. The van der Waals surface area contributed by atoms with E-state index >= 15 is 0 Å². The zero-order valence-electron chi connectivity index (χ0n) is 10.5. The smallest absolute Gasteiger partial charge is 0.228 e. The summed E-state index contributed by atoms with van der Waals surface area (Å²) in [6.07, 6.45) is 2.24. The average Bonchev–Trinajstić information content (AvgIpc) is 3.22. The Hall–Kier alpha value is -1.98. The minimum atomic E-state index is -0.0769. The minimum absolute atomic E-state index is 0.0269. The van der Waals surface area contributed by atoms with Gasteiger partial charge in [0.1, 0.15) is 0 Å². The van der Waals surface area contributed by atoms with Crippen LogP contribution in [0.2, 0.25) is 0 Å². The van der Waals surface area contributed by atoms with Crippen molar-refractivity contribution in [3.63, 3.8) is 0 Å². The molecular weight excluding hydrogens is 232 g/mol. The van der Waals surface area contributed by atoms with Crippen LogP contribution in [0.15, 0.2) is 6.07 Å². The Morgan fingerprint density at radius 1 is 1.39 bits per heavy atom. The highest BCUT2D eigenvalue weighted by atomic mass is 16.2. The van der Waals surface area contributed by atoms with Crippen LogP contribution in [0.25, 0.3) is 0 Å². The second kappa shape index (κ2) is 5.12. The maximum Gasteiger partial charge on any atom is 0.228 e. The summed E-state index contributed by atoms with van der Waals surface area (Å²) in [6, 6.07) is 1.64. The van der Waals surface area contributed by atoms with Crippen molar-refractivity contribution in [2.75, 3.05) is 17.7 Å². The summed E-state index contributed by atoms with van der Waals surface area (Å²) >= 11 is 0. The van der Waals surface area contributed by atoms with Gasteiger partial charge < -0.3 is 10.6 Å². The highest BCUT2D eigenvalue weighted by Gasteiger charge is 2.30. The van der Waals surface area contributed by atoms with Crippen LogP contribution in [0.5, 0.6) is 0 Å². The number of Topliss-reactive ketones (excluding diaryl/α,β-unsaturated/α-hetero) is 1. The number of aromatic nitrogens is 2. The average molecular weight is 248 g/mol. The number of ketones is 1. The molecule has 1 aromatic rings. The number of nitrogens with zero attached hydrogens (tertiary/aromatic N) is 2. The largest absolute Gasteiger partial charge is 0.386 e. The number of hydrogen-bond acceptors (Lipinski definition) is 5. The lowest BCUT2D eigenvalue weighted by Crippen LogP contribution is -2.16. The first kappa shape index (κ1) is 12.5. The molecule has 1 heterocycles. The predicted molar refractivity (Wildman–Crippen MR) is 67.6 cm³/mol. The first-order valence-corrected chi connectivity index (χ1v) is 6.05. The molecule has 1 aliphatic rings. The molecule has 0 aromatic carbocycles. The number of nitrogens with one attached hydrogen (secondary N) is 2. The van der Waals surface area contributed by atoms with Crippen LogP contribution in [0.4, 0.5) is 11.5 Å². The third-order valence-electron chi connectivity index (χ3n) is 2.85. The number of amides is 1. The molecular formula is C12H16N4O2. The highest BCUT2D eigenvalue weighted by Crippen LogP contribution is 2.30. The highest BCUT2D eigenvalue weighted by molar-refractivity contribution is 6.00. The first-order valence-electron chi connectivity index (χ1n) is 6.05. The van der Waals surface area contributed by atoms with Crippen molar-refractivity contribution in [2.24, 2.45) is 5.92 Å². The summed E-state index contributed by atoms with van der Waals surface area (Å²) in [7, 11) is 1.70. The van der Waals surface area contributed by atoms with Gasteiger partial charge in [0.25, 0.3) is 0 Å². The van der Waals surface area contributed by atoms with Crippen molar-refractivity contribution < 1.29 is 9.59 Å². The van der Waals surface area contributed by atoms with Gasteiger partial charge in [-0.1, -0.05) is 6.92 Å². The lowest BCUT2D eigenvalue weighted by Gasteiger charge is -2.08. The molecule has 0 spiro atoms. The summed E-state index contributed by atoms with van der Waals surface area (Å²) in [5.41, 5.74) is 0.896. The zero-order chi connectivity index (χ0) is 13.1. The SMILES string of the molecule is CCC(=O)c1nnc(NC(=O)C2CC2)cc1NC. The van der Waals surface area contributed by atoms with E-state index in [4.69, 9.17) is 0 Å². The molecule has 0 aliphatic heterocycles. The molecule has 2 rings (SSSR count). The maximum absolute atomic E-state index is 11.6. The van der Waals surface area contributed by atoms with Crippen LogP contribution in [0, 0.1) is 5.92 Å². The topological polar surface area (TPSA) is 84.0 Å². The van der Waals surface area contributed by atoms with Gasteiger partial charge in [-0.05, 0) is 12.8 Å². The Labute approximate surface area is 105 Å². The molecule has 1 aromatic heterocycles. The standard InChI is InChI=1S/C12H16N4O2/c1-3-9(17)11-8(13-2)6-10(15-16-11)14-12(18)7-4-5-7/h6-7H,3-5H2,1-2H3,(H2,13,14,15,18). The van der Waals surface area contributed by atoms with Gasteiger partial charge in [-0.2, -0.15) is 0 Å². The van der Waals surface area contributed by atoms with Crippen molar-refractivity contribution in [1.29, 1.82) is 0 Å². The van der Waals surface area contributed by atoms with Crippen molar-refractivity contribution >= 4 is 23.2 Å². The number of rotatable bonds is 5. The third-order valence-corrected chi connectivity index (χ3v) is 2.85. The van der Waals surface area contributed by atoms with E-state index in [0.717, 1.165) is 12.8 Å². The summed E-state index contributed by atoms with van der Waals surface area (Å²) in [4.78, 5) is 23.2. The summed E-state index contributed by atoms with van der Waals surface area (Å²) in [6.45, 7) is 1.77. The molecule has 18 heavy (non-hydrogen) atoms. The minimum Gasteiger partial charge on any atom is -0.386 e. The van der Waals surface area contributed by atoms with E-state index in [1.54, 1.807) is 20.0 Å². The lowest BCUT2D eigenvalue weighted by atomic mass is 10.2. The summed E-state index contributed by atoms with van der Waals surface area (Å²) in [5.74, 6) is 0.388. The maximum atomic E-state index is 11.6. The van der Waals surface area contributed by atoms with Gasteiger partial charge in [0.15, 0.2) is 17.3 Å². The molecule has 2 N–H and O–H groups in total. The van der Waals surface area contributed by atoms with E-state index in [0.29, 0.717) is 23.6 Å². The van der Waals surface area contributed by atoms with Gasteiger partial charge >= 0.3 is 0 Å². The van der Waals surface area contributed by atoms with E-state index in [9.17, 15) is 9.59 Å². The van der Waals surface area contributed by atoms with Crippen molar-refractivity contribution in [2.45, 2.75) is 26.2 Å². The van der Waals surface area contributed by atoms with E-state index in [2.05, 4.69) is 20.8 Å². The van der Waals surface area contributed by atoms with Crippen molar-refractivity contribution in [1.82, 2.24) is 10.2 Å². The quantitative estimate of drug-likeness (QED) is 0.771. The van der Waals surface area contributed by atoms with E-state index in [1.807, 2.05) is 0 Å². The van der Waals surface area contributed by atoms with Crippen molar-refractivity contribution in [3.8, 4) is 0 Å². The molecule has 0 unspecified atom stereocenters. The molecule has 96 valence electrons. The van der Waals surface area contributed by atoms with Gasteiger partial charge in [-0.15, -0.1) is 10.2 Å². The second-order valence-corrected chi connectivity index (χ2v) is 4.28. The van der Waals surface area contributed by atoms with E-state index < -0.39 is 0 Å². The first-order chi connectivity index (χ1) is 8.65. The number of anilines is 2.